The van der Waals surface area contributed by atoms with Gasteiger partial charge in [0.2, 0.25) is 0 Å². The van der Waals surface area contributed by atoms with Crippen molar-refractivity contribution in [3.8, 4) is 12.3 Å². The molecule has 0 aliphatic rings. The zero-order valence-corrected chi connectivity index (χ0v) is 6.15. The predicted molar refractivity (Wildman–Crippen MR) is 38.3 cm³/mol. The minimum atomic E-state index is -1.69. The van der Waals surface area contributed by atoms with Crippen LogP contribution in [0.4, 0.5) is 0 Å². The zero-order valence-electron chi connectivity index (χ0n) is 5.33. The molecule has 2 atom stereocenters. The van der Waals surface area contributed by atoms with Gasteiger partial charge in [-0.25, -0.2) is 4.21 Å². The summed E-state index contributed by atoms with van der Waals surface area (Å²) in [7, 11) is 0. The topological polar surface area (TPSA) is 37.3 Å². The summed E-state index contributed by atoms with van der Waals surface area (Å²) < 4.78 is 18.5. The van der Waals surface area contributed by atoms with Crippen LogP contribution in [0.15, 0.2) is 0 Å². The van der Waals surface area contributed by atoms with Gasteiger partial charge in [-0.15, -0.1) is 12.3 Å². The Balaban J connectivity index is 3.40. The lowest BCUT2D eigenvalue weighted by atomic mass is 10.1. The lowest BCUT2D eigenvalue weighted by Gasteiger charge is -2.01. The molecule has 0 aromatic rings. The first-order chi connectivity index (χ1) is 4.16. The van der Waals surface area contributed by atoms with Gasteiger partial charge in [-0.1, -0.05) is 6.92 Å². The van der Waals surface area contributed by atoms with Gasteiger partial charge in [-0.2, -0.15) is 0 Å². The third-order valence-corrected chi connectivity index (χ3v) is 1.75. The molecule has 9 heavy (non-hydrogen) atoms. The molecule has 0 aliphatic heterocycles. The van der Waals surface area contributed by atoms with Crippen LogP contribution in [0.1, 0.15) is 13.3 Å². The van der Waals surface area contributed by atoms with Crippen LogP contribution in [0.3, 0.4) is 0 Å². The molecular formula is C6H10O2S. The zero-order chi connectivity index (χ0) is 7.28. The van der Waals surface area contributed by atoms with E-state index in [0.717, 1.165) is 0 Å². The fraction of sp³-hybridized carbons (Fsp3) is 0.667. The molecule has 0 fully saturated rings. The molecule has 2 nitrogen and oxygen atoms in total. The van der Waals surface area contributed by atoms with Gasteiger partial charge in [0, 0.05) is 6.42 Å². The molecule has 1 N–H and O–H groups in total. The summed E-state index contributed by atoms with van der Waals surface area (Å²) in [5, 5.41) is 0. The molecule has 0 aromatic carbocycles. The van der Waals surface area contributed by atoms with Crippen LogP contribution in [-0.2, 0) is 11.1 Å². The van der Waals surface area contributed by atoms with E-state index in [-0.39, 0.29) is 11.7 Å². The van der Waals surface area contributed by atoms with Crippen molar-refractivity contribution in [1.29, 1.82) is 0 Å². The normalized spacial score (nSPS) is 16.1. The molecule has 0 saturated heterocycles. The molecule has 0 spiro atoms. The Morgan fingerprint density at radius 1 is 1.89 bits per heavy atom. The quantitative estimate of drug-likeness (QED) is 0.474. The van der Waals surface area contributed by atoms with E-state index < -0.39 is 11.1 Å². The molecule has 52 valence electrons. The van der Waals surface area contributed by atoms with Crippen molar-refractivity contribution in [2.45, 2.75) is 13.3 Å². The molecule has 0 rings (SSSR count). The Labute approximate surface area is 57.9 Å². The molecule has 0 aromatic heterocycles. The van der Waals surface area contributed by atoms with E-state index >= 15 is 0 Å². The van der Waals surface area contributed by atoms with E-state index in [0.29, 0.717) is 6.42 Å². The first kappa shape index (κ1) is 8.67. The van der Waals surface area contributed by atoms with Gasteiger partial charge in [0.15, 0.2) is 11.1 Å². The second-order valence-electron chi connectivity index (χ2n) is 2.00. The van der Waals surface area contributed by atoms with Gasteiger partial charge < -0.3 is 4.55 Å². The Bertz CT molecular complexity index is 136. The summed E-state index contributed by atoms with van der Waals surface area (Å²) in [5.74, 6) is 2.86. The van der Waals surface area contributed by atoms with Gasteiger partial charge in [0.1, 0.15) is 0 Å². The largest absolute Gasteiger partial charge is 0.306 e. The maximum absolute atomic E-state index is 10.1. The van der Waals surface area contributed by atoms with E-state index in [1.165, 1.54) is 0 Å². The lowest BCUT2D eigenvalue weighted by Crippen LogP contribution is -2.05. The summed E-state index contributed by atoms with van der Waals surface area (Å²) in [5.41, 5.74) is 0. The average Bonchev–Trinajstić information content (AvgIpc) is 1.63. The highest BCUT2D eigenvalue weighted by Crippen LogP contribution is 2.00. The number of terminal acetylenes is 1. The van der Waals surface area contributed by atoms with Crippen LogP contribution in [-0.4, -0.2) is 14.5 Å². The lowest BCUT2D eigenvalue weighted by molar-refractivity contribution is 0.546. The summed E-state index contributed by atoms with van der Waals surface area (Å²) in [6.07, 6.45) is 5.55. The van der Waals surface area contributed by atoms with E-state index in [4.69, 9.17) is 11.0 Å². The molecule has 0 radical (unpaired) electrons. The van der Waals surface area contributed by atoms with E-state index in [2.05, 4.69) is 5.92 Å². The first-order valence-corrected chi connectivity index (χ1v) is 3.95. The van der Waals surface area contributed by atoms with Gasteiger partial charge in [0.05, 0.1) is 5.75 Å². The SMILES string of the molecule is C#CCC(C)CS(=O)O. The minimum absolute atomic E-state index is 0.154. The Kier molecular flexibility index (Phi) is 4.37. The molecule has 0 bridgehead atoms. The monoisotopic (exact) mass is 146 g/mol. The van der Waals surface area contributed by atoms with Crippen molar-refractivity contribution in [2.75, 3.05) is 5.75 Å². The molecular weight excluding hydrogens is 136 g/mol. The second kappa shape index (κ2) is 4.54. The second-order valence-corrected chi connectivity index (χ2v) is 2.98. The first-order valence-electron chi connectivity index (χ1n) is 2.67. The summed E-state index contributed by atoms with van der Waals surface area (Å²) >= 11 is -1.69. The fourth-order valence-electron chi connectivity index (χ4n) is 0.504. The standard InChI is InChI=1S/C6H10O2S/c1-3-4-6(2)5-9(7)8/h1,6H,4-5H2,2H3,(H,7,8). The minimum Gasteiger partial charge on any atom is -0.306 e. The maximum Gasteiger partial charge on any atom is 0.153 e. The van der Waals surface area contributed by atoms with Crippen molar-refractivity contribution >= 4 is 11.1 Å². The summed E-state index contributed by atoms with van der Waals surface area (Å²) in [6, 6.07) is 0. The highest BCUT2D eigenvalue weighted by atomic mass is 32.2. The van der Waals surface area contributed by atoms with Crippen LogP contribution in [0, 0.1) is 18.3 Å². The van der Waals surface area contributed by atoms with E-state index in [1.807, 2.05) is 6.92 Å². The average molecular weight is 146 g/mol. The molecule has 3 heteroatoms. The van der Waals surface area contributed by atoms with Crippen molar-refractivity contribution < 1.29 is 8.76 Å². The molecule has 2 unspecified atom stereocenters. The molecule has 0 heterocycles. The molecule has 0 saturated carbocycles. The predicted octanol–water partition coefficient (Wildman–Crippen LogP) is 0.867. The smallest absolute Gasteiger partial charge is 0.153 e. The highest BCUT2D eigenvalue weighted by Gasteiger charge is 2.02. The van der Waals surface area contributed by atoms with Crippen molar-refractivity contribution in [1.82, 2.24) is 0 Å². The summed E-state index contributed by atoms with van der Waals surface area (Å²) in [4.78, 5) is 0. The van der Waals surface area contributed by atoms with Crippen molar-refractivity contribution in [2.24, 2.45) is 5.92 Å². The molecule has 0 aliphatic carbocycles. The number of rotatable bonds is 3. The van der Waals surface area contributed by atoms with Crippen LogP contribution < -0.4 is 0 Å². The summed E-state index contributed by atoms with van der Waals surface area (Å²) in [6.45, 7) is 1.86. The maximum atomic E-state index is 10.1. The Morgan fingerprint density at radius 3 is 2.78 bits per heavy atom. The molecule has 0 amide bonds. The third-order valence-electron chi connectivity index (χ3n) is 0.893. The third kappa shape index (κ3) is 5.54. The number of hydrogen-bond donors (Lipinski definition) is 1. The van der Waals surface area contributed by atoms with Crippen LogP contribution >= 0.6 is 0 Å². The Hall–Kier alpha value is -0.330. The van der Waals surface area contributed by atoms with E-state index in [9.17, 15) is 4.21 Å². The van der Waals surface area contributed by atoms with Gasteiger partial charge in [0.25, 0.3) is 0 Å². The van der Waals surface area contributed by atoms with E-state index in [1.54, 1.807) is 0 Å². The van der Waals surface area contributed by atoms with Crippen molar-refractivity contribution in [3.05, 3.63) is 0 Å². The fourth-order valence-corrected chi connectivity index (χ4v) is 1.11. The van der Waals surface area contributed by atoms with Gasteiger partial charge in [-0.05, 0) is 5.92 Å². The van der Waals surface area contributed by atoms with Crippen LogP contribution in [0.5, 0.6) is 0 Å². The van der Waals surface area contributed by atoms with Gasteiger partial charge >= 0.3 is 0 Å². The number of hydrogen-bond acceptors (Lipinski definition) is 1. The van der Waals surface area contributed by atoms with Crippen LogP contribution in [0.25, 0.3) is 0 Å². The van der Waals surface area contributed by atoms with Gasteiger partial charge in [-0.3, -0.25) is 0 Å². The Morgan fingerprint density at radius 2 is 2.44 bits per heavy atom. The highest BCUT2D eigenvalue weighted by molar-refractivity contribution is 7.79. The van der Waals surface area contributed by atoms with Crippen molar-refractivity contribution in [3.63, 3.8) is 0 Å². The van der Waals surface area contributed by atoms with Crippen LogP contribution in [0.2, 0.25) is 0 Å².